The van der Waals surface area contributed by atoms with Crippen LogP contribution in [0.15, 0.2) is 61.7 Å². The van der Waals surface area contributed by atoms with Crippen molar-refractivity contribution in [3.8, 4) is 22.6 Å². The van der Waals surface area contributed by atoms with Gasteiger partial charge in [-0.25, -0.2) is 9.59 Å². The standard InChI is InChI=1S/C18H16O4P2/c1-3-15(19)21-11-7-5-9-13(23)17(11)18-12(22-16(20)4-2)8-6-10-14(18)24/h3-10H,1-2,23-24H2. The highest BCUT2D eigenvalue weighted by Crippen LogP contribution is 2.36. The number of carbonyl (C=O) groups excluding carboxylic acids is 2. The lowest BCUT2D eigenvalue weighted by atomic mass is 10.0. The second-order valence-electron chi connectivity index (χ2n) is 4.69. The third-order valence-electron chi connectivity index (χ3n) is 3.12. The van der Waals surface area contributed by atoms with Crippen molar-refractivity contribution in [1.29, 1.82) is 0 Å². The van der Waals surface area contributed by atoms with Gasteiger partial charge >= 0.3 is 11.9 Å². The van der Waals surface area contributed by atoms with Gasteiger partial charge in [0.1, 0.15) is 11.5 Å². The van der Waals surface area contributed by atoms with E-state index in [4.69, 9.17) is 9.47 Å². The largest absolute Gasteiger partial charge is 0.423 e. The molecule has 0 bridgehead atoms. The fourth-order valence-electron chi connectivity index (χ4n) is 2.10. The predicted molar refractivity (Wildman–Crippen MR) is 102 cm³/mol. The SMILES string of the molecule is C=CC(=O)Oc1cccc(P)c1-c1c(P)cccc1OC(=O)C=C. The van der Waals surface area contributed by atoms with E-state index in [2.05, 4.69) is 31.6 Å². The van der Waals surface area contributed by atoms with Crippen molar-refractivity contribution in [1.82, 2.24) is 0 Å². The first-order chi connectivity index (χ1) is 11.5. The minimum absolute atomic E-state index is 0.346. The molecule has 2 unspecified atom stereocenters. The molecule has 2 aromatic rings. The van der Waals surface area contributed by atoms with Crippen molar-refractivity contribution in [2.24, 2.45) is 0 Å². The van der Waals surface area contributed by atoms with E-state index in [1.807, 2.05) is 12.1 Å². The van der Waals surface area contributed by atoms with Crippen molar-refractivity contribution in [3.05, 3.63) is 61.7 Å². The third-order valence-corrected chi connectivity index (χ3v) is 4.08. The number of hydrogen-bond acceptors (Lipinski definition) is 4. The maximum atomic E-state index is 11.6. The van der Waals surface area contributed by atoms with Gasteiger partial charge in [0.25, 0.3) is 0 Å². The van der Waals surface area contributed by atoms with Crippen LogP contribution >= 0.6 is 18.5 Å². The number of esters is 2. The van der Waals surface area contributed by atoms with Gasteiger partial charge in [-0.05, 0) is 22.7 Å². The van der Waals surface area contributed by atoms with Crippen LogP contribution in [-0.2, 0) is 9.59 Å². The van der Waals surface area contributed by atoms with E-state index >= 15 is 0 Å². The van der Waals surface area contributed by atoms with Gasteiger partial charge in [0.05, 0.1) is 0 Å². The van der Waals surface area contributed by atoms with Crippen LogP contribution < -0.4 is 20.1 Å². The first-order valence-electron chi connectivity index (χ1n) is 6.93. The van der Waals surface area contributed by atoms with Crippen LogP contribution in [0.1, 0.15) is 0 Å². The highest BCUT2D eigenvalue weighted by Gasteiger charge is 2.19. The van der Waals surface area contributed by atoms with Gasteiger partial charge in [-0.1, -0.05) is 37.4 Å². The van der Waals surface area contributed by atoms with Crippen LogP contribution in [0.3, 0.4) is 0 Å². The Kier molecular flexibility index (Phi) is 6.03. The summed E-state index contributed by atoms with van der Waals surface area (Å²) in [5, 5.41) is 1.57. The highest BCUT2D eigenvalue weighted by atomic mass is 31.0. The van der Waals surface area contributed by atoms with E-state index in [9.17, 15) is 9.59 Å². The molecule has 0 N–H and O–H groups in total. The van der Waals surface area contributed by atoms with Crippen LogP contribution in [-0.4, -0.2) is 11.9 Å². The van der Waals surface area contributed by atoms with Gasteiger partial charge < -0.3 is 9.47 Å². The normalized spacial score (nSPS) is 9.92. The minimum atomic E-state index is -0.572. The van der Waals surface area contributed by atoms with E-state index < -0.39 is 11.9 Å². The summed E-state index contributed by atoms with van der Waals surface area (Å²) in [7, 11) is 5.17. The van der Waals surface area contributed by atoms with Crippen molar-refractivity contribution >= 4 is 41.0 Å². The summed E-state index contributed by atoms with van der Waals surface area (Å²) >= 11 is 0. The molecule has 0 amide bonds. The zero-order chi connectivity index (χ0) is 17.7. The Labute approximate surface area is 145 Å². The van der Waals surface area contributed by atoms with Crippen molar-refractivity contribution in [2.45, 2.75) is 0 Å². The maximum Gasteiger partial charge on any atom is 0.335 e. The number of carbonyl (C=O) groups is 2. The van der Waals surface area contributed by atoms with Crippen molar-refractivity contribution < 1.29 is 19.1 Å². The minimum Gasteiger partial charge on any atom is -0.423 e. The van der Waals surface area contributed by atoms with Gasteiger partial charge in [0.2, 0.25) is 0 Å². The second kappa shape index (κ2) is 8.01. The average molecular weight is 358 g/mol. The van der Waals surface area contributed by atoms with Gasteiger partial charge in [-0.15, -0.1) is 18.5 Å². The summed E-state index contributed by atoms with van der Waals surface area (Å²) in [6.07, 6.45) is 2.18. The third kappa shape index (κ3) is 3.97. The lowest BCUT2D eigenvalue weighted by molar-refractivity contribution is -0.129. The average Bonchev–Trinajstić information content (AvgIpc) is 2.56. The zero-order valence-corrected chi connectivity index (χ0v) is 15.1. The molecule has 0 saturated heterocycles. The smallest absolute Gasteiger partial charge is 0.335 e. The van der Waals surface area contributed by atoms with Crippen LogP contribution in [0.5, 0.6) is 11.5 Å². The topological polar surface area (TPSA) is 52.6 Å². The molecule has 0 aliphatic carbocycles. The Balaban J connectivity index is 2.67. The predicted octanol–water partition coefficient (Wildman–Crippen LogP) is 2.54. The molecular formula is C18H16O4P2. The Morgan fingerprint density at radius 1 is 0.792 bits per heavy atom. The van der Waals surface area contributed by atoms with E-state index in [0.717, 1.165) is 22.8 Å². The molecule has 122 valence electrons. The molecular weight excluding hydrogens is 342 g/mol. The molecule has 0 aliphatic rings. The van der Waals surface area contributed by atoms with Gasteiger partial charge in [0.15, 0.2) is 0 Å². The van der Waals surface area contributed by atoms with Crippen molar-refractivity contribution in [3.63, 3.8) is 0 Å². The number of benzene rings is 2. The number of rotatable bonds is 5. The van der Waals surface area contributed by atoms with Crippen LogP contribution in [0.4, 0.5) is 0 Å². The van der Waals surface area contributed by atoms with Gasteiger partial charge in [-0.3, -0.25) is 0 Å². The van der Waals surface area contributed by atoms with E-state index in [1.54, 1.807) is 24.3 Å². The quantitative estimate of drug-likeness (QED) is 0.357. The van der Waals surface area contributed by atoms with Crippen LogP contribution in [0.2, 0.25) is 0 Å². The Morgan fingerprint density at radius 3 is 1.50 bits per heavy atom. The first-order valence-corrected chi connectivity index (χ1v) is 8.09. The summed E-state index contributed by atoms with van der Waals surface area (Å²) in [5.41, 5.74) is 1.27. The van der Waals surface area contributed by atoms with E-state index in [1.165, 1.54) is 0 Å². The molecule has 4 nitrogen and oxygen atoms in total. The molecule has 0 aliphatic heterocycles. The lowest BCUT2D eigenvalue weighted by Crippen LogP contribution is -2.13. The Morgan fingerprint density at radius 2 is 1.17 bits per heavy atom. The van der Waals surface area contributed by atoms with E-state index in [0.29, 0.717) is 22.6 Å². The summed E-state index contributed by atoms with van der Waals surface area (Å²) in [4.78, 5) is 23.2. The molecule has 24 heavy (non-hydrogen) atoms. The molecule has 0 saturated carbocycles. The molecule has 0 aromatic heterocycles. The lowest BCUT2D eigenvalue weighted by Gasteiger charge is -2.17. The maximum absolute atomic E-state index is 11.6. The molecule has 2 rings (SSSR count). The number of ether oxygens (including phenoxy) is 2. The molecule has 6 heteroatoms. The molecule has 0 fully saturated rings. The Bertz CT molecular complexity index is 758. The molecule has 2 aromatic carbocycles. The fourth-order valence-corrected chi connectivity index (χ4v) is 2.90. The first kappa shape index (κ1) is 18.1. The monoisotopic (exact) mass is 358 g/mol. The number of hydrogen-bond donors (Lipinski definition) is 0. The second-order valence-corrected chi connectivity index (χ2v) is 5.94. The fraction of sp³-hybridized carbons (Fsp3) is 0. The van der Waals surface area contributed by atoms with Crippen molar-refractivity contribution in [2.75, 3.05) is 0 Å². The zero-order valence-electron chi connectivity index (χ0n) is 12.8. The summed E-state index contributed by atoms with van der Waals surface area (Å²) in [5.74, 6) is -0.452. The van der Waals surface area contributed by atoms with E-state index in [-0.39, 0.29) is 0 Å². The molecule has 0 heterocycles. The van der Waals surface area contributed by atoms with Gasteiger partial charge in [-0.2, -0.15) is 0 Å². The summed E-state index contributed by atoms with van der Waals surface area (Å²) in [6.45, 7) is 6.81. The van der Waals surface area contributed by atoms with Crippen LogP contribution in [0.25, 0.3) is 11.1 Å². The molecule has 0 spiro atoms. The Hall–Kier alpha value is -2.28. The summed E-state index contributed by atoms with van der Waals surface area (Å²) in [6, 6.07) is 10.6. The highest BCUT2D eigenvalue weighted by molar-refractivity contribution is 7.29. The molecule has 2 atom stereocenters. The summed E-state index contributed by atoms with van der Waals surface area (Å²) < 4.78 is 10.7. The van der Waals surface area contributed by atoms with Gasteiger partial charge in [0, 0.05) is 23.3 Å². The van der Waals surface area contributed by atoms with Crippen LogP contribution in [0, 0.1) is 0 Å². The molecule has 0 radical (unpaired) electrons.